The summed E-state index contributed by atoms with van der Waals surface area (Å²) in [6.07, 6.45) is 3.98. The topological polar surface area (TPSA) is 75.0 Å². The van der Waals surface area contributed by atoms with Crippen LogP contribution in [-0.4, -0.2) is 16.5 Å². The molecule has 0 bridgehead atoms. The summed E-state index contributed by atoms with van der Waals surface area (Å²) in [5, 5.41) is 12.5. The van der Waals surface area contributed by atoms with E-state index in [4.69, 9.17) is 10.00 Å². The Kier molecular flexibility index (Phi) is 5.89. The Bertz CT molecular complexity index is 929. The van der Waals surface area contributed by atoms with Gasteiger partial charge in [0.15, 0.2) is 0 Å². The number of carbonyl (C=O) groups excluding carboxylic acids is 1. The Hall–Kier alpha value is -2.82. The summed E-state index contributed by atoms with van der Waals surface area (Å²) in [7, 11) is 0. The fourth-order valence-corrected chi connectivity index (χ4v) is 3.61. The van der Waals surface area contributed by atoms with Crippen molar-refractivity contribution in [2.75, 3.05) is 11.6 Å². The van der Waals surface area contributed by atoms with Crippen molar-refractivity contribution in [1.82, 2.24) is 4.37 Å². The van der Waals surface area contributed by atoms with E-state index in [1.165, 1.54) is 11.5 Å². The molecule has 2 aromatic carbocycles. The zero-order chi connectivity index (χ0) is 18.4. The van der Waals surface area contributed by atoms with Crippen LogP contribution in [0.3, 0.4) is 0 Å². The van der Waals surface area contributed by atoms with Crippen LogP contribution in [0.15, 0.2) is 59.6 Å². The molecular weight excluding hydrogens is 366 g/mol. The quantitative estimate of drug-likeness (QED) is 0.626. The van der Waals surface area contributed by atoms with E-state index < -0.39 is 0 Å². The molecule has 130 valence electrons. The lowest BCUT2D eigenvalue weighted by molar-refractivity contribution is -0.115. The second kappa shape index (κ2) is 8.52. The Morgan fingerprint density at radius 2 is 1.85 bits per heavy atom. The number of thioether (sulfide) groups is 1. The molecule has 0 aliphatic heterocycles. The van der Waals surface area contributed by atoms with Gasteiger partial charge in [-0.05, 0) is 59.7 Å². The molecule has 7 heteroatoms. The molecule has 0 unspecified atom stereocenters. The van der Waals surface area contributed by atoms with E-state index in [1.807, 2.05) is 30.5 Å². The fourth-order valence-electron chi connectivity index (χ4n) is 2.23. The molecule has 0 aliphatic rings. The van der Waals surface area contributed by atoms with E-state index in [-0.39, 0.29) is 12.3 Å². The zero-order valence-electron chi connectivity index (χ0n) is 13.9. The average molecular weight is 381 g/mol. The molecule has 1 heterocycles. The number of aromatic nitrogens is 1. The monoisotopic (exact) mass is 381 g/mol. The van der Waals surface area contributed by atoms with Crippen molar-refractivity contribution >= 4 is 34.2 Å². The molecule has 0 saturated carbocycles. The predicted molar refractivity (Wildman–Crippen MR) is 104 cm³/mol. The highest BCUT2D eigenvalue weighted by Gasteiger charge is 2.10. The van der Waals surface area contributed by atoms with Crippen molar-refractivity contribution in [3.63, 3.8) is 0 Å². The molecule has 0 fully saturated rings. The highest BCUT2D eigenvalue weighted by Crippen LogP contribution is 2.28. The first-order chi connectivity index (χ1) is 12.7. The van der Waals surface area contributed by atoms with Crippen LogP contribution in [0.25, 0.3) is 0 Å². The molecule has 3 rings (SSSR count). The van der Waals surface area contributed by atoms with Gasteiger partial charge in [-0.2, -0.15) is 9.64 Å². The van der Waals surface area contributed by atoms with Gasteiger partial charge >= 0.3 is 0 Å². The van der Waals surface area contributed by atoms with Crippen LogP contribution in [0.5, 0.6) is 11.5 Å². The minimum absolute atomic E-state index is 0.0784. The van der Waals surface area contributed by atoms with Gasteiger partial charge in [-0.1, -0.05) is 12.1 Å². The van der Waals surface area contributed by atoms with Gasteiger partial charge in [-0.15, -0.1) is 11.8 Å². The van der Waals surface area contributed by atoms with Gasteiger partial charge in [0.05, 0.1) is 29.1 Å². The number of carbonyl (C=O) groups is 1. The molecule has 0 atom stereocenters. The SMILES string of the molecule is CSc1cnsc1NC(=O)Cc1ccc(Oc2ccc(C#N)cc2)cc1. The number of benzene rings is 2. The van der Waals surface area contributed by atoms with E-state index >= 15 is 0 Å². The summed E-state index contributed by atoms with van der Waals surface area (Å²) in [5.41, 5.74) is 1.48. The third-order valence-corrected chi connectivity index (χ3v) is 5.11. The number of hydrogen-bond acceptors (Lipinski definition) is 6. The van der Waals surface area contributed by atoms with Crippen molar-refractivity contribution in [1.29, 1.82) is 5.26 Å². The summed E-state index contributed by atoms with van der Waals surface area (Å²) in [6.45, 7) is 0. The number of hydrogen-bond donors (Lipinski definition) is 1. The van der Waals surface area contributed by atoms with E-state index in [0.29, 0.717) is 17.1 Å². The minimum atomic E-state index is -0.0784. The second-order valence-corrected chi connectivity index (χ2v) is 6.98. The molecule has 1 amide bonds. The molecule has 1 aromatic heterocycles. The Morgan fingerprint density at radius 3 is 2.46 bits per heavy atom. The van der Waals surface area contributed by atoms with Crippen molar-refractivity contribution in [3.05, 3.63) is 65.9 Å². The third kappa shape index (κ3) is 4.63. The summed E-state index contributed by atoms with van der Waals surface area (Å²) in [6, 6.07) is 16.3. The van der Waals surface area contributed by atoms with E-state index in [2.05, 4.69) is 15.8 Å². The van der Waals surface area contributed by atoms with Crippen molar-refractivity contribution < 1.29 is 9.53 Å². The van der Waals surface area contributed by atoms with Gasteiger partial charge in [0.2, 0.25) is 5.91 Å². The largest absolute Gasteiger partial charge is 0.457 e. The number of nitrogens with one attached hydrogen (secondary N) is 1. The van der Waals surface area contributed by atoms with E-state index in [9.17, 15) is 4.79 Å². The van der Waals surface area contributed by atoms with Crippen LogP contribution in [0.2, 0.25) is 0 Å². The average Bonchev–Trinajstić information content (AvgIpc) is 3.11. The summed E-state index contributed by atoms with van der Waals surface area (Å²) < 4.78 is 9.82. The standard InChI is InChI=1S/C19H15N3O2S2/c1-25-17-12-21-26-19(17)22-18(23)10-13-2-6-15(7-3-13)24-16-8-4-14(11-20)5-9-16/h2-9,12H,10H2,1H3,(H,22,23). The lowest BCUT2D eigenvalue weighted by Crippen LogP contribution is -2.13. The van der Waals surface area contributed by atoms with Gasteiger partial charge in [-0.25, -0.2) is 0 Å². The normalized spacial score (nSPS) is 10.2. The lowest BCUT2D eigenvalue weighted by atomic mass is 10.1. The molecule has 0 aliphatic carbocycles. The lowest BCUT2D eigenvalue weighted by Gasteiger charge is -2.07. The van der Waals surface area contributed by atoms with Gasteiger partial charge in [0.1, 0.15) is 16.5 Å². The van der Waals surface area contributed by atoms with Crippen LogP contribution >= 0.6 is 23.3 Å². The number of ether oxygens (including phenoxy) is 1. The molecule has 26 heavy (non-hydrogen) atoms. The first kappa shape index (κ1) is 18.0. The fraction of sp³-hybridized carbons (Fsp3) is 0.105. The van der Waals surface area contributed by atoms with Crippen LogP contribution in [0, 0.1) is 11.3 Å². The van der Waals surface area contributed by atoms with Crippen LogP contribution in [0.1, 0.15) is 11.1 Å². The van der Waals surface area contributed by atoms with Crippen molar-refractivity contribution in [3.8, 4) is 17.6 Å². The second-order valence-electron chi connectivity index (χ2n) is 5.33. The number of rotatable bonds is 6. The maximum Gasteiger partial charge on any atom is 0.229 e. The van der Waals surface area contributed by atoms with Crippen molar-refractivity contribution in [2.45, 2.75) is 11.3 Å². The van der Waals surface area contributed by atoms with Gasteiger partial charge < -0.3 is 10.1 Å². The van der Waals surface area contributed by atoms with Gasteiger partial charge in [0, 0.05) is 0 Å². The number of nitrogens with zero attached hydrogens (tertiary/aromatic N) is 2. The third-order valence-electron chi connectivity index (χ3n) is 3.52. The summed E-state index contributed by atoms with van der Waals surface area (Å²) >= 11 is 2.83. The summed E-state index contributed by atoms with van der Waals surface area (Å²) in [4.78, 5) is 13.2. The molecule has 0 saturated heterocycles. The number of nitriles is 1. The van der Waals surface area contributed by atoms with E-state index in [1.54, 1.807) is 42.2 Å². The Labute approximate surface area is 159 Å². The molecule has 0 radical (unpaired) electrons. The first-order valence-corrected chi connectivity index (χ1v) is 9.73. The van der Waals surface area contributed by atoms with Crippen LogP contribution < -0.4 is 10.1 Å². The maximum atomic E-state index is 12.2. The number of anilines is 1. The maximum absolute atomic E-state index is 12.2. The predicted octanol–water partition coefficient (Wildman–Crippen LogP) is 4.71. The zero-order valence-corrected chi connectivity index (χ0v) is 15.6. The smallest absolute Gasteiger partial charge is 0.229 e. The minimum Gasteiger partial charge on any atom is -0.457 e. The Balaban J connectivity index is 1.58. The van der Waals surface area contributed by atoms with E-state index in [0.717, 1.165) is 15.5 Å². The van der Waals surface area contributed by atoms with Crippen molar-refractivity contribution in [2.24, 2.45) is 0 Å². The van der Waals surface area contributed by atoms with Crippen LogP contribution in [-0.2, 0) is 11.2 Å². The molecule has 3 aromatic rings. The number of amides is 1. The molecule has 1 N–H and O–H groups in total. The van der Waals surface area contributed by atoms with Gasteiger partial charge in [-0.3, -0.25) is 4.79 Å². The first-order valence-electron chi connectivity index (χ1n) is 7.73. The van der Waals surface area contributed by atoms with Gasteiger partial charge in [0.25, 0.3) is 0 Å². The molecular formula is C19H15N3O2S2. The molecule has 5 nitrogen and oxygen atoms in total. The molecule has 0 spiro atoms. The van der Waals surface area contributed by atoms with Crippen LogP contribution in [0.4, 0.5) is 5.00 Å². The highest BCUT2D eigenvalue weighted by molar-refractivity contribution is 7.98. The summed E-state index contributed by atoms with van der Waals surface area (Å²) in [5.74, 6) is 1.25. The highest BCUT2D eigenvalue weighted by atomic mass is 32.2. The Morgan fingerprint density at radius 1 is 1.19 bits per heavy atom.